The maximum Gasteiger partial charge on any atom is 0.166 e. The van der Waals surface area contributed by atoms with Gasteiger partial charge in [-0.05, 0) is 17.9 Å². The zero-order valence-corrected chi connectivity index (χ0v) is 12.5. The molecular weight excluding hydrogens is 264 g/mol. The lowest BCUT2D eigenvalue weighted by Gasteiger charge is -2.18. The van der Waals surface area contributed by atoms with Gasteiger partial charge in [-0.3, -0.25) is 9.48 Å². The highest BCUT2D eigenvalue weighted by molar-refractivity contribution is 5.99. The predicted octanol–water partition coefficient (Wildman–Crippen LogP) is 2.90. The van der Waals surface area contributed by atoms with E-state index in [1.54, 1.807) is 0 Å². The molecule has 0 spiro atoms. The first-order valence-corrected chi connectivity index (χ1v) is 7.34. The van der Waals surface area contributed by atoms with Gasteiger partial charge in [0.2, 0.25) is 0 Å². The van der Waals surface area contributed by atoms with E-state index in [-0.39, 0.29) is 5.78 Å². The molecule has 0 N–H and O–H groups in total. The van der Waals surface area contributed by atoms with Crippen LogP contribution in [-0.2, 0) is 31.4 Å². The third kappa shape index (κ3) is 2.90. The van der Waals surface area contributed by atoms with Crippen molar-refractivity contribution in [2.24, 2.45) is 13.0 Å². The normalized spacial score (nSPS) is 17.8. The largest absolute Gasteiger partial charge is 0.370 e. The SMILES string of the molecule is CC1CC(=O)c2c(COCc3ccccc3)nn(C)c2C1. The Morgan fingerprint density at radius 2 is 2.00 bits per heavy atom. The molecule has 0 bridgehead atoms. The molecule has 110 valence electrons. The summed E-state index contributed by atoms with van der Waals surface area (Å²) in [6, 6.07) is 10.0. The van der Waals surface area contributed by atoms with E-state index in [2.05, 4.69) is 12.0 Å². The molecular formula is C17H20N2O2. The molecule has 0 saturated carbocycles. The van der Waals surface area contributed by atoms with Crippen molar-refractivity contribution in [2.75, 3.05) is 0 Å². The van der Waals surface area contributed by atoms with Crippen molar-refractivity contribution in [1.82, 2.24) is 9.78 Å². The molecule has 1 aromatic heterocycles. The van der Waals surface area contributed by atoms with Gasteiger partial charge in [0.15, 0.2) is 5.78 Å². The van der Waals surface area contributed by atoms with Gasteiger partial charge in [0.25, 0.3) is 0 Å². The van der Waals surface area contributed by atoms with E-state index in [9.17, 15) is 4.79 Å². The van der Waals surface area contributed by atoms with Crippen LogP contribution in [0.5, 0.6) is 0 Å². The van der Waals surface area contributed by atoms with Crippen LogP contribution in [0, 0.1) is 5.92 Å². The summed E-state index contributed by atoms with van der Waals surface area (Å²) >= 11 is 0. The molecule has 3 rings (SSSR count). The minimum atomic E-state index is 0.204. The summed E-state index contributed by atoms with van der Waals surface area (Å²) in [6.45, 7) is 3.04. The molecule has 2 aromatic rings. The van der Waals surface area contributed by atoms with Crippen LogP contribution in [0.2, 0.25) is 0 Å². The minimum Gasteiger partial charge on any atom is -0.370 e. The average molecular weight is 284 g/mol. The van der Waals surface area contributed by atoms with Crippen LogP contribution in [-0.4, -0.2) is 15.6 Å². The quantitative estimate of drug-likeness (QED) is 0.867. The second kappa shape index (κ2) is 5.82. The minimum absolute atomic E-state index is 0.204. The number of fused-ring (bicyclic) bond motifs is 1. The van der Waals surface area contributed by atoms with Crippen molar-refractivity contribution >= 4 is 5.78 Å². The monoisotopic (exact) mass is 284 g/mol. The molecule has 0 fully saturated rings. The number of ether oxygens (including phenoxy) is 1. The number of rotatable bonds is 4. The molecule has 1 atom stereocenters. The lowest BCUT2D eigenvalue weighted by molar-refractivity contribution is 0.0922. The summed E-state index contributed by atoms with van der Waals surface area (Å²) in [4.78, 5) is 12.3. The van der Waals surface area contributed by atoms with Gasteiger partial charge < -0.3 is 4.74 Å². The summed E-state index contributed by atoms with van der Waals surface area (Å²) in [5, 5.41) is 4.48. The van der Waals surface area contributed by atoms with E-state index in [1.807, 2.05) is 42.1 Å². The van der Waals surface area contributed by atoms with E-state index in [0.29, 0.717) is 25.6 Å². The number of aromatic nitrogens is 2. The van der Waals surface area contributed by atoms with Gasteiger partial charge in [-0.25, -0.2) is 0 Å². The molecule has 0 saturated heterocycles. The number of carbonyl (C=O) groups excluding carboxylic acids is 1. The second-order valence-corrected chi connectivity index (χ2v) is 5.81. The summed E-state index contributed by atoms with van der Waals surface area (Å²) in [5.41, 5.74) is 3.75. The first kappa shape index (κ1) is 14.0. The third-order valence-corrected chi connectivity index (χ3v) is 3.94. The molecule has 1 aliphatic carbocycles. The Morgan fingerprint density at radius 3 is 2.76 bits per heavy atom. The molecule has 1 unspecified atom stereocenters. The summed E-state index contributed by atoms with van der Waals surface area (Å²) < 4.78 is 7.57. The van der Waals surface area contributed by atoms with Crippen LogP contribution in [0.1, 0.15) is 40.7 Å². The number of benzene rings is 1. The highest BCUT2D eigenvalue weighted by Gasteiger charge is 2.29. The molecule has 1 aliphatic rings. The van der Waals surface area contributed by atoms with Crippen LogP contribution >= 0.6 is 0 Å². The van der Waals surface area contributed by atoms with Gasteiger partial charge in [0.1, 0.15) is 0 Å². The Balaban J connectivity index is 1.72. The van der Waals surface area contributed by atoms with E-state index in [4.69, 9.17) is 4.74 Å². The molecule has 4 heteroatoms. The zero-order valence-electron chi connectivity index (χ0n) is 12.5. The fraction of sp³-hybridized carbons (Fsp3) is 0.412. The van der Waals surface area contributed by atoms with Crippen molar-refractivity contribution in [1.29, 1.82) is 0 Å². The van der Waals surface area contributed by atoms with Crippen molar-refractivity contribution < 1.29 is 9.53 Å². The molecule has 0 amide bonds. The summed E-state index contributed by atoms with van der Waals surface area (Å²) in [5.74, 6) is 0.605. The summed E-state index contributed by atoms with van der Waals surface area (Å²) in [7, 11) is 1.91. The maximum atomic E-state index is 12.3. The zero-order chi connectivity index (χ0) is 14.8. The van der Waals surface area contributed by atoms with E-state index >= 15 is 0 Å². The smallest absolute Gasteiger partial charge is 0.166 e. The lowest BCUT2D eigenvalue weighted by Crippen LogP contribution is -2.19. The highest BCUT2D eigenvalue weighted by Crippen LogP contribution is 2.27. The Kier molecular flexibility index (Phi) is 3.88. The number of carbonyl (C=O) groups is 1. The van der Waals surface area contributed by atoms with Crippen LogP contribution in [0.25, 0.3) is 0 Å². The van der Waals surface area contributed by atoms with E-state index in [1.165, 1.54) is 0 Å². The molecule has 21 heavy (non-hydrogen) atoms. The average Bonchev–Trinajstić information content (AvgIpc) is 2.77. The molecule has 0 aliphatic heterocycles. The standard InChI is InChI=1S/C17H20N2O2/c1-12-8-15-17(16(20)9-12)14(18-19(15)2)11-21-10-13-6-4-3-5-7-13/h3-7,12H,8-11H2,1-2H3. The maximum absolute atomic E-state index is 12.3. The van der Waals surface area contributed by atoms with Gasteiger partial charge in [-0.2, -0.15) is 5.10 Å². The van der Waals surface area contributed by atoms with Crippen molar-refractivity contribution in [3.05, 3.63) is 52.8 Å². The summed E-state index contributed by atoms with van der Waals surface area (Å²) in [6.07, 6.45) is 1.54. The van der Waals surface area contributed by atoms with Gasteiger partial charge in [0.05, 0.1) is 24.5 Å². The topological polar surface area (TPSA) is 44.1 Å². The number of nitrogens with zero attached hydrogens (tertiary/aromatic N) is 2. The van der Waals surface area contributed by atoms with Crippen LogP contribution in [0.4, 0.5) is 0 Å². The Morgan fingerprint density at radius 1 is 1.24 bits per heavy atom. The highest BCUT2D eigenvalue weighted by atomic mass is 16.5. The number of ketones is 1. The van der Waals surface area contributed by atoms with Gasteiger partial charge >= 0.3 is 0 Å². The lowest BCUT2D eigenvalue weighted by atomic mass is 9.87. The fourth-order valence-electron chi connectivity index (χ4n) is 2.94. The number of hydrogen-bond donors (Lipinski definition) is 0. The van der Waals surface area contributed by atoms with Crippen LogP contribution in [0.15, 0.2) is 30.3 Å². The van der Waals surface area contributed by atoms with Crippen LogP contribution in [0.3, 0.4) is 0 Å². The molecule has 1 aromatic carbocycles. The molecule has 0 radical (unpaired) electrons. The van der Waals surface area contributed by atoms with Crippen LogP contribution < -0.4 is 0 Å². The van der Waals surface area contributed by atoms with Gasteiger partial charge in [0, 0.05) is 19.2 Å². The Labute approximate surface area is 124 Å². The fourth-order valence-corrected chi connectivity index (χ4v) is 2.94. The van der Waals surface area contributed by atoms with Gasteiger partial charge in [-0.15, -0.1) is 0 Å². The predicted molar refractivity (Wildman–Crippen MR) is 80.0 cm³/mol. The van der Waals surface area contributed by atoms with Crippen molar-refractivity contribution in [2.45, 2.75) is 33.0 Å². The Bertz CT molecular complexity index is 646. The Hall–Kier alpha value is -1.94. The molecule has 1 heterocycles. The van der Waals surface area contributed by atoms with Crippen molar-refractivity contribution in [3.8, 4) is 0 Å². The number of aryl methyl sites for hydroxylation is 1. The van der Waals surface area contributed by atoms with Crippen molar-refractivity contribution in [3.63, 3.8) is 0 Å². The molecule has 4 nitrogen and oxygen atoms in total. The van der Waals surface area contributed by atoms with Gasteiger partial charge in [-0.1, -0.05) is 37.3 Å². The number of Topliss-reactive ketones (excluding diaryl/α,β-unsaturated/α-hetero) is 1. The second-order valence-electron chi connectivity index (χ2n) is 5.81. The third-order valence-electron chi connectivity index (χ3n) is 3.94. The van der Waals surface area contributed by atoms with E-state index in [0.717, 1.165) is 28.9 Å². The van der Waals surface area contributed by atoms with E-state index < -0.39 is 0 Å². The first-order valence-electron chi connectivity index (χ1n) is 7.34. The first-order chi connectivity index (χ1) is 10.1. The number of hydrogen-bond acceptors (Lipinski definition) is 3.